The number of likely N-dealkylation sites (N-methyl/N-ethyl adjacent to an activating group) is 1. The van der Waals surface area contributed by atoms with Crippen LogP contribution in [0.15, 0.2) is 39.5 Å². The molecule has 0 spiro atoms. The summed E-state index contributed by atoms with van der Waals surface area (Å²) in [6.07, 6.45) is 3.33. The van der Waals surface area contributed by atoms with Gasteiger partial charge in [0.2, 0.25) is 0 Å². The van der Waals surface area contributed by atoms with Gasteiger partial charge in [0.15, 0.2) is 5.82 Å². The molecule has 0 saturated carbocycles. The molecule has 1 aromatic carbocycles. The van der Waals surface area contributed by atoms with Crippen molar-refractivity contribution in [2.24, 2.45) is 0 Å². The van der Waals surface area contributed by atoms with Gasteiger partial charge >= 0.3 is 0 Å². The summed E-state index contributed by atoms with van der Waals surface area (Å²) in [5.41, 5.74) is 2.94. The lowest BCUT2D eigenvalue weighted by Gasteiger charge is -2.06. The molecule has 0 saturated heterocycles. The minimum absolute atomic E-state index is 0.298. The maximum atomic E-state index is 5.46. The molecule has 1 N–H and O–H groups in total. The van der Waals surface area contributed by atoms with Gasteiger partial charge in [0, 0.05) is 16.9 Å². The molecule has 1 unspecified atom stereocenters. The summed E-state index contributed by atoms with van der Waals surface area (Å²) < 4.78 is 8.41. The van der Waals surface area contributed by atoms with Crippen LogP contribution in [0.2, 0.25) is 0 Å². The first-order valence-corrected chi connectivity index (χ1v) is 8.74. The average Bonchev–Trinajstić information content (AvgIpc) is 3.21. The zero-order chi connectivity index (χ0) is 17.1. The molecule has 0 aliphatic rings. The van der Waals surface area contributed by atoms with E-state index in [0.717, 1.165) is 34.3 Å². The van der Waals surface area contributed by atoms with Crippen molar-refractivity contribution in [3.63, 3.8) is 0 Å². The highest BCUT2D eigenvalue weighted by atomic mass is 79.9. The Morgan fingerprint density at radius 1 is 1.29 bits per heavy atom. The topological polar surface area (TPSA) is 68.8 Å². The lowest BCUT2D eigenvalue weighted by atomic mass is 10.2. The third-order valence-corrected chi connectivity index (χ3v) is 4.48. The Kier molecular flexibility index (Phi) is 5.11. The van der Waals surface area contributed by atoms with E-state index < -0.39 is 0 Å². The van der Waals surface area contributed by atoms with Gasteiger partial charge in [0.1, 0.15) is 0 Å². The maximum absolute atomic E-state index is 5.46. The number of halogens is 1. The molecule has 2 heterocycles. The van der Waals surface area contributed by atoms with E-state index in [-0.39, 0.29) is 0 Å². The van der Waals surface area contributed by atoms with Gasteiger partial charge in [-0.05, 0) is 44.7 Å². The van der Waals surface area contributed by atoms with E-state index in [1.54, 1.807) is 6.20 Å². The van der Waals surface area contributed by atoms with Crippen LogP contribution in [0.25, 0.3) is 17.1 Å². The van der Waals surface area contributed by atoms with E-state index in [1.165, 1.54) is 0 Å². The molecule has 2 aromatic heterocycles. The van der Waals surface area contributed by atoms with Crippen LogP contribution in [0.4, 0.5) is 0 Å². The monoisotopic (exact) mass is 389 g/mol. The Hall–Kier alpha value is -1.99. The van der Waals surface area contributed by atoms with Crippen molar-refractivity contribution < 1.29 is 4.52 Å². The Morgan fingerprint density at radius 2 is 2.04 bits per heavy atom. The highest BCUT2D eigenvalue weighted by Crippen LogP contribution is 2.25. The highest BCUT2D eigenvalue weighted by Gasteiger charge is 2.18. The Labute approximate surface area is 149 Å². The lowest BCUT2D eigenvalue weighted by Crippen LogP contribution is -2.24. The number of hydrogen-bond donors (Lipinski definition) is 1. The van der Waals surface area contributed by atoms with Gasteiger partial charge in [-0.3, -0.25) is 0 Å². The second kappa shape index (κ2) is 7.27. The zero-order valence-electron chi connectivity index (χ0n) is 14.0. The lowest BCUT2D eigenvalue weighted by molar-refractivity contribution is 0.418. The Bertz CT molecular complexity index is 809. The minimum Gasteiger partial charge on any atom is -0.334 e. The number of hydrogen-bond acceptors (Lipinski definition) is 5. The fourth-order valence-corrected chi connectivity index (χ4v) is 2.78. The molecule has 3 rings (SSSR count). The molecular formula is C17H20BrN5O. The van der Waals surface area contributed by atoms with Crippen molar-refractivity contribution in [1.82, 2.24) is 25.2 Å². The van der Waals surface area contributed by atoms with Crippen LogP contribution in [0, 0.1) is 0 Å². The number of aromatic nitrogens is 4. The summed E-state index contributed by atoms with van der Waals surface area (Å²) in [6, 6.07) is 8.34. The van der Waals surface area contributed by atoms with Crippen LogP contribution in [0.5, 0.6) is 0 Å². The van der Waals surface area contributed by atoms with Gasteiger partial charge in [-0.2, -0.15) is 10.1 Å². The second-order valence-electron chi connectivity index (χ2n) is 5.66. The van der Waals surface area contributed by atoms with Gasteiger partial charge in [-0.1, -0.05) is 28.0 Å². The number of nitrogens with one attached hydrogen (secondary N) is 1. The van der Waals surface area contributed by atoms with E-state index in [0.29, 0.717) is 17.8 Å². The Morgan fingerprint density at radius 3 is 2.71 bits per heavy atom. The van der Waals surface area contributed by atoms with Crippen LogP contribution >= 0.6 is 15.9 Å². The molecule has 0 bridgehead atoms. The van der Waals surface area contributed by atoms with Gasteiger partial charge in [0.25, 0.3) is 5.89 Å². The molecule has 0 amide bonds. The standard InChI is InChI=1S/C17H20BrN5O/c1-4-15-14(17-21-16(22-24-17)9-11(2)19-3)10-20-23(15)13-7-5-12(18)6-8-13/h5-8,10-11,19H,4,9H2,1-3H3. The second-order valence-corrected chi connectivity index (χ2v) is 6.57. The summed E-state index contributed by atoms with van der Waals surface area (Å²) in [4.78, 5) is 4.52. The van der Waals surface area contributed by atoms with Crippen molar-refractivity contribution in [2.75, 3.05) is 7.05 Å². The first-order valence-electron chi connectivity index (χ1n) is 7.95. The summed E-state index contributed by atoms with van der Waals surface area (Å²) in [5, 5.41) is 11.8. The van der Waals surface area contributed by atoms with E-state index in [2.05, 4.69) is 50.3 Å². The average molecular weight is 390 g/mol. The van der Waals surface area contributed by atoms with Crippen molar-refractivity contribution in [3.05, 3.63) is 46.5 Å². The molecule has 0 radical (unpaired) electrons. The van der Waals surface area contributed by atoms with Crippen LogP contribution in [0.3, 0.4) is 0 Å². The van der Waals surface area contributed by atoms with E-state index >= 15 is 0 Å². The molecule has 0 aliphatic carbocycles. The number of rotatable bonds is 6. The molecule has 7 heteroatoms. The van der Waals surface area contributed by atoms with E-state index in [4.69, 9.17) is 4.52 Å². The normalized spacial score (nSPS) is 12.5. The molecule has 3 aromatic rings. The van der Waals surface area contributed by atoms with Gasteiger partial charge in [0.05, 0.1) is 23.1 Å². The molecule has 1 atom stereocenters. The summed E-state index contributed by atoms with van der Waals surface area (Å²) in [6.45, 7) is 4.18. The largest absolute Gasteiger partial charge is 0.334 e. The zero-order valence-corrected chi connectivity index (χ0v) is 15.5. The summed E-state index contributed by atoms with van der Waals surface area (Å²) in [7, 11) is 1.92. The highest BCUT2D eigenvalue weighted by molar-refractivity contribution is 9.10. The van der Waals surface area contributed by atoms with Crippen molar-refractivity contribution in [2.45, 2.75) is 32.7 Å². The van der Waals surface area contributed by atoms with Crippen LogP contribution in [-0.4, -0.2) is 33.0 Å². The third kappa shape index (κ3) is 3.42. The molecule has 6 nitrogen and oxygen atoms in total. The molecular weight excluding hydrogens is 370 g/mol. The summed E-state index contributed by atoms with van der Waals surface area (Å²) in [5.74, 6) is 1.22. The Balaban J connectivity index is 1.93. The third-order valence-electron chi connectivity index (χ3n) is 3.96. The first-order chi connectivity index (χ1) is 11.6. The number of benzene rings is 1. The molecule has 0 aliphatic heterocycles. The quantitative estimate of drug-likeness (QED) is 0.699. The fraction of sp³-hybridized carbons (Fsp3) is 0.353. The smallest absolute Gasteiger partial charge is 0.261 e. The molecule has 24 heavy (non-hydrogen) atoms. The fourth-order valence-electron chi connectivity index (χ4n) is 2.52. The predicted octanol–water partition coefficient (Wildman–Crippen LogP) is 3.40. The number of nitrogens with zero attached hydrogens (tertiary/aromatic N) is 4. The minimum atomic E-state index is 0.298. The van der Waals surface area contributed by atoms with E-state index in [1.807, 2.05) is 36.0 Å². The van der Waals surface area contributed by atoms with Crippen molar-refractivity contribution >= 4 is 15.9 Å². The van der Waals surface area contributed by atoms with Gasteiger partial charge < -0.3 is 9.84 Å². The predicted molar refractivity (Wildman–Crippen MR) is 96.2 cm³/mol. The molecule has 0 fully saturated rings. The van der Waals surface area contributed by atoms with Gasteiger partial charge in [-0.15, -0.1) is 0 Å². The van der Waals surface area contributed by atoms with E-state index in [9.17, 15) is 0 Å². The SMILES string of the molecule is CCc1c(-c2nc(CC(C)NC)no2)cnn1-c1ccc(Br)cc1. The molecule has 126 valence electrons. The van der Waals surface area contributed by atoms with Crippen molar-refractivity contribution in [3.8, 4) is 17.1 Å². The maximum Gasteiger partial charge on any atom is 0.261 e. The van der Waals surface area contributed by atoms with Crippen LogP contribution in [0.1, 0.15) is 25.4 Å². The van der Waals surface area contributed by atoms with Gasteiger partial charge in [-0.25, -0.2) is 4.68 Å². The summed E-state index contributed by atoms with van der Waals surface area (Å²) >= 11 is 3.46. The van der Waals surface area contributed by atoms with Crippen molar-refractivity contribution in [1.29, 1.82) is 0 Å². The van der Waals surface area contributed by atoms with Crippen LogP contribution in [-0.2, 0) is 12.8 Å². The van der Waals surface area contributed by atoms with Crippen LogP contribution < -0.4 is 5.32 Å². The first kappa shape index (κ1) is 16.9.